The maximum Gasteiger partial charge on any atom is 0.172 e. The molecule has 0 unspecified atom stereocenters. The first-order chi connectivity index (χ1) is 9.89. The van der Waals surface area contributed by atoms with E-state index in [-0.39, 0.29) is 11.4 Å². The molecular formula is C15H23ClN4O. The zero-order chi connectivity index (χ0) is 15.6. The molecule has 6 heteroatoms. The molecule has 0 spiro atoms. The lowest BCUT2D eigenvalue weighted by atomic mass is 9.75. The van der Waals surface area contributed by atoms with Crippen molar-refractivity contribution in [3.05, 3.63) is 28.8 Å². The van der Waals surface area contributed by atoms with Gasteiger partial charge in [0.05, 0.1) is 0 Å². The second-order valence-corrected chi connectivity index (χ2v) is 6.41. The highest BCUT2D eigenvalue weighted by molar-refractivity contribution is 6.31. The molecule has 116 valence electrons. The van der Waals surface area contributed by atoms with Gasteiger partial charge in [-0.15, -0.1) is 0 Å². The molecule has 1 aromatic carbocycles. The molecule has 2 rings (SSSR count). The molecule has 0 aliphatic heterocycles. The van der Waals surface area contributed by atoms with Crippen LogP contribution in [0, 0.1) is 0 Å². The molecule has 5 nitrogen and oxygen atoms in total. The molecular weight excluding hydrogens is 288 g/mol. The van der Waals surface area contributed by atoms with Gasteiger partial charge in [-0.05, 0) is 51.6 Å². The monoisotopic (exact) mass is 310 g/mol. The first kappa shape index (κ1) is 15.9. The predicted octanol–water partition coefficient (Wildman–Crippen LogP) is 2.35. The van der Waals surface area contributed by atoms with Gasteiger partial charge in [-0.2, -0.15) is 0 Å². The molecule has 0 aromatic heterocycles. The predicted molar refractivity (Wildman–Crippen MR) is 87.5 cm³/mol. The van der Waals surface area contributed by atoms with Crippen LogP contribution in [0.5, 0.6) is 0 Å². The van der Waals surface area contributed by atoms with Gasteiger partial charge in [0.1, 0.15) is 0 Å². The minimum Gasteiger partial charge on any atom is -0.409 e. The van der Waals surface area contributed by atoms with Crippen molar-refractivity contribution in [3.63, 3.8) is 0 Å². The Morgan fingerprint density at radius 2 is 2.05 bits per heavy atom. The molecule has 1 aliphatic carbocycles. The summed E-state index contributed by atoms with van der Waals surface area (Å²) in [4.78, 5) is 4.43. The van der Waals surface area contributed by atoms with E-state index < -0.39 is 0 Å². The van der Waals surface area contributed by atoms with Gasteiger partial charge in [0, 0.05) is 35.4 Å². The molecule has 3 N–H and O–H groups in total. The van der Waals surface area contributed by atoms with Crippen LogP contribution in [-0.4, -0.2) is 49.2 Å². The summed E-state index contributed by atoms with van der Waals surface area (Å²) in [5.74, 6) is 0.0982. The number of hydrogen-bond acceptors (Lipinski definition) is 4. The summed E-state index contributed by atoms with van der Waals surface area (Å²) < 4.78 is 0. The number of hydrogen-bond donors (Lipinski definition) is 2. The summed E-state index contributed by atoms with van der Waals surface area (Å²) in [6, 6.07) is 5.39. The molecule has 0 bridgehead atoms. The van der Waals surface area contributed by atoms with Gasteiger partial charge < -0.3 is 20.7 Å². The topological polar surface area (TPSA) is 65.1 Å². The van der Waals surface area contributed by atoms with Crippen LogP contribution >= 0.6 is 11.6 Å². The molecule has 1 aliphatic rings. The molecule has 21 heavy (non-hydrogen) atoms. The summed E-state index contributed by atoms with van der Waals surface area (Å²) >= 11 is 6.11. The number of amidine groups is 1. The SMILES string of the molecule is CN(CC1(N(C)C)CCC1)c1cc(Cl)ccc1/C(N)=N/O. The number of oxime groups is 1. The third-order valence-corrected chi connectivity index (χ3v) is 4.75. The lowest BCUT2D eigenvalue weighted by Crippen LogP contribution is -2.57. The van der Waals surface area contributed by atoms with Crippen LogP contribution in [-0.2, 0) is 0 Å². The Kier molecular flexibility index (Phi) is 4.64. The zero-order valence-electron chi connectivity index (χ0n) is 12.8. The van der Waals surface area contributed by atoms with Crippen LogP contribution in [0.2, 0.25) is 5.02 Å². The Morgan fingerprint density at radius 3 is 2.52 bits per heavy atom. The van der Waals surface area contributed by atoms with E-state index in [1.807, 2.05) is 13.1 Å². The molecule has 0 amide bonds. The van der Waals surface area contributed by atoms with E-state index in [2.05, 4.69) is 29.1 Å². The number of benzene rings is 1. The summed E-state index contributed by atoms with van der Waals surface area (Å²) in [6.45, 7) is 0.881. The normalized spacial score (nSPS) is 17.7. The number of nitrogens with zero attached hydrogens (tertiary/aromatic N) is 3. The number of nitrogens with two attached hydrogens (primary N) is 1. The Balaban J connectivity index is 2.30. The highest BCUT2D eigenvalue weighted by atomic mass is 35.5. The second kappa shape index (κ2) is 6.12. The molecule has 0 radical (unpaired) electrons. The molecule has 0 heterocycles. The molecule has 1 saturated carbocycles. The van der Waals surface area contributed by atoms with E-state index in [0.717, 1.165) is 12.2 Å². The third kappa shape index (κ3) is 3.09. The highest BCUT2D eigenvalue weighted by Gasteiger charge is 2.40. The fraction of sp³-hybridized carbons (Fsp3) is 0.533. The number of likely N-dealkylation sites (N-methyl/N-ethyl adjacent to an activating group) is 2. The molecule has 1 aromatic rings. The van der Waals surface area contributed by atoms with Gasteiger partial charge in [-0.1, -0.05) is 16.8 Å². The van der Waals surface area contributed by atoms with Crippen LogP contribution in [0.4, 0.5) is 5.69 Å². The summed E-state index contributed by atoms with van der Waals surface area (Å²) in [5.41, 5.74) is 7.54. The van der Waals surface area contributed by atoms with E-state index in [0.29, 0.717) is 10.6 Å². The number of anilines is 1. The van der Waals surface area contributed by atoms with Gasteiger partial charge in [0.25, 0.3) is 0 Å². The maximum absolute atomic E-state index is 8.95. The number of rotatable bonds is 5. The Bertz CT molecular complexity index is 540. The first-order valence-electron chi connectivity index (χ1n) is 7.06. The lowest BCUT2D eigenvalue weighted by molar-refractivity contribution is 0.0683. The van der Waals surface area contributed by atoms with Crippen molar-refractivity contribution in [2.45, 2.75) is 24.8 Å². The Hall–Kier alpha value is -1.46. The third-order valence-electron chi connectivity index (χ3n) is 4.52. The second-order valence-electron chi connectivity index (χ2n) is 5.98. The van der Waals surface area contributed by atoms with Crippen LogP contribution in [0.1, 0.15) is 24.8 Å². The fourth-order valence-corrected chi connectivity index (χ4v) is 3.12. The van der Waals surface area contributed by atoms with Crippen molar-refractivity contribution in [2.24, 2.45) is 10.9 Å². The van der Waals surface area contributed by atoms with Crippen molar-refractivity contribution in [1.82, 2.24) is 4.90 Å². The van der Waals surface area contributed by atoms with Gasteiger partial charge in [-0.25, -0.2) is 0 Å². The summed E-state index contributed by atoms with van der Waals surface area (Å²) in [6.07, 6.45) is 3.63. The zero-order valence-corrected chi connectivity index (χ0v) is 13.6. The standard InChI is InChI=1S/C15H23ClN4O/c1-19(2)15(7-4-8-15)10-20(3)13-9-11(16)5-6-12(13)14(17)18-21/h5-6,9,21H,4,7-8,10H2,1-3H3,(H2,17,18). The van der Waals surface area contributed by atoms with Gasteiger partial charge in [0.15, 0.2) is 5.84 Å². The first-order valence-corrected chi connectivity index (χ1v) is 7.43. The van der Waals surface area contributed by atoms with Crippen molar-refractivity contribution < 1.29 is 5.21 Å². The molecule has 0 atom stereocenters. The molecule has 1 fully saturated rings. The smallest absolute Gasteiger partial charge is 0.172 e. The quantitative estimate of drug-likeness (QED) is 0.379. The van der Waals surface area contributed by atoms with Crippen LogP contribution in [0.15, 0.2) is 23.4 Å². The van der Waals surface area contributed by atoms with Gasteiger partial charge >= 0.3 is 0 Å². The van der Waals surface area contributed by atoms with Crippen molar-refractivity contribution >= 4 is 23.1 Å². The number of halogens is 1. The van der Waals surface area contributed by atoms with Crippen LogP contribution < -0.4 is 10.6 Å². The molecule has 0 saturated heterocycles. The van der Waals surface area contributed by atoms with E-state index in [9.17, 15) is 0 Å². The van der Waals surface area contributed by atoms with Crippen molar-refractivity contribution in [3.8, 4) is 0 Å². The lowest BCUT2D eigenvalue weighted by Gasteiger charge is -2.49. The van der Waals surface area contributed by atoms with Crippen molar-refractivity contribution in [1.29, 1.82) is 0 Å². The highest BCUT2D eigenvalue weighted by Crippen LogP contribution is 2.38. The fourth-order valence-electron chi connectivity index (χ4n) is 2.95. The van der Waals surface area contributed by atoms with Gasteiger partial charge in [0.2, 0.25) is 0 Å². The summed E-state index contributed by atoms with van der Waals surface area (Å²) in [5, 5.41) is 12.7. The largest absolute Gasteiger partial charge is 0.409 e. The van der Waals surface area contributed by atoms with E-state index in [1.54, 1.807) is 12.1 Å². The maximum atomic E-state index is 8.95. The average Bonchev–Trinajstić information content (AvgIpc) is 2.41. The van der Waals surface area contributed by atoms with E-state index >= 15 is 0 Å². The Labute approximate surface area is 131 Å². The van der Waals surface area contributed by atoms with E-state index in [4.69, 9.17) is 22.5 Å². The van der Waals surface area contributed by atoms with Gasteiger partial charge in [-0.3, -0.25) is 0 Å². The van der Waals surface area contributed by atoms with Crippen LogP contribution in [0.3, 0.4) is 0 Å². The minimum absolute atomic E-state index is 0.0982. The summed E-state index contributed by atoms with van der Waals surface area (Å²) in [7, 11) is 6.26. The Morgan fingerprint density at radius 1 is 1.38 bits per heavy atom. The minimum atomic E-state index is 0.0982. The van der Waals surface area contributed by atoms with E-state index in [1.165, 1.54) is 19.3 Å². The average molecular weight is 311 g/mol. The van der Waals surface area contributed by atoms with Crippen molar-refractivity contribution in [2.75, 3.05) is 32.6 Å². The van der Waals surface area contributed by atoms with Crippen LogP contribution in [0.25, 0.3) is 0 Å².